The van der Waals surface area contributed by atoms with Gasteiger partial charge in [0.05, 0.1) is 0 Å². The molecule has 2 aromatic carbocycles. The van der Waals surface area contributed by atoms with Gasteiger partial charge in [-0.2, -0.15) is 0 Å². The van der Waals surface area contributed by atoms with E-state index in [0.29, 0.717) is 11.5 Å². The summed E-state index contributed by atoms with van der Waals surface area (Å²) in [6.07, 6.45) is 0. The van der Waals surface area contributed by atoms with Crippen LogP contribution < -0.4 is 6.03 Å². The standard InChI is InChI=1S/2C6H6O.H2O.O.Sb/c2*7-6-4-2-1-3-5-6;;;/h2*1-5,7H;1H2;;/q;;;;+3/p-3. The van der Waals surface area contributed by atoms with Crippen molar-refractivity contribution in [3.8, 4) is 11.5 Å². The van der Waals surface area contributed by atoms with Crippen molar-refractivity contribution in [2.24, 2.45) is 0 Å². The van der Waals surface area contributed by atoms with Crippen molar-refractivity contribution < 1.29 is 12.4 Å². The third-order valence-corrected chi connectivity index (χ3v) is 4.45. The van der Waals surface area contributed by atoms with Crippen molar-refractivity contribution in [1.82, 2.24) is 0 Å². The molecule has 0 unspecified atom stereocenters. The molecule has 0 aliphatic heterocycles. The van der Waals surface area contributed by atoms with Gasteiger partial charge in [0.2, 0.25) is 0 Å². The fraction of sp³-hybridized carbons (Fsp3) is 0. The number of rotatable bonds is 4. The molecule has 17 heavy (non-hydrogen) atoms. The summed E-state index contributed by atoms with van der Waals surface area (Å²) >= 11 is -5.09. The molecule has 5 heteroatoms. The first-order valence-corrected chi connectivity index (χ1v) is 9.25. The molecule has 0 saturated heterocycles. The van der Waals surface area contributed by atoms with E-state index >= 15 is 0 Å². The van der Waals surface area contributed by atoms with E-state index < -0.39 is 20.1 Å². The van der Waals surface area contributed by atoms with Gasteiger partial charge in [-0.15, -0.1) is 0 Å². The maximum atomic E-state index is 11.8. The molecule has 1 N–H and O–H groups in total. The predicted octanol–water partition coefficient (Wildman–Crippen LogP) is 2.00. The van der Waals surface area contributed by atoms with Crippen molar-refractivity contribution in [2.75, 3.05) is 0 Å². The van der Waals surface area contributed by atoms with Crippen LogP contribution in [-0.4, -0.2) is 23.4 Å². The second kappa shape index (κ2) is 5.30. The quantitative estimate of drug-likeness (QED) is 0.865. The van der Waals surface area contributed by atoms with Crippen LogP contribution in [0.1, 0.15) is 0 Å². The molecule has 0 heterocycles. The second-order valence-electron chi connectivity index (χ2n) is 3.28. The van der Waals surface area contributed by atoms with Crippen molar-refractivity contribution in [3.05, 3.63) is 60.7 Å². The summed E-state index contributed by atoms with van der Waals surface area (Å²) in [5, 5.41) is 0. The van der Waals surface area contributed by atoms with E-state index in [1.807, 2.05) is 0 Å². The molecular formula is C12H11O4Sb. The van der Waals surface area contributed by atoms with Crippen LogP contribution in [0.2, 0.25) is 0 Å². The molecule has 0 aliphatic rings. The molecule has 2 aromatic rings. The van der Waals surface area contributed by atoms with Crippen LogP contribution in [0, 0.1) is 0 Å². The van der Waals surface area contributed by atoms with Crippen LogP contribution in [0.4, 0.5) is 0 Å². The van der Waals surface area contributed by atoms with Gasteiger partial charge in [-0.05, 0) is 0 Å². The van der Waals surface area contributed by atoms with Gasteiger partial charge in [0.25, 0.3) is 0 Å². The number of para-hydroxylation sites is 2. The van der Waals surface area contributed by atoms with Crippen LogP contribution in [0.15, 0.2) is 60.7 Å². The first-order valence-electron chi connectivity index (χ1n) is 4.98. The average molecular weight is 341 g/mol. The van der Waals surface area contributed by atoms with Crippen molar-refractivity contribution in [3.63, 3.8) is 0 Å². The Morgan fingerprint density at radius 1 is 0.765 bits per heavy atom. The molecule has 0 aliphatic carbocycles. The molecule has 0 saturated carbocycles. The molecule has 0 radical (unpaired) electrons. The third-order valence-electron chi connectivity index (χ3n) is 1.93. The molecule has 0 amide bonds. The molecular weight excluding hydrogens is 330 g/mol. The van der Waals surface area contributed by atoms with E-state index in [1.165, 1.54) is 0 Å². The van der Waals surface area contributed by atoms with Crippen molar-refractivity contribution in [1.29, 1.82) is 0 Å². The van der Waals surface area contributed by atoms with Gasteiger partial charge in [0, 0.05) is 0 Å². The first-order chi connectivity index (χ1) is 8.16. The predicted molar refractivity (Wildman–Crippen MR) is 62.8 cm³/mol. The van der Waals surface area contributed by atoms with Gasteiger partial charge < -0.3 is 0 Å². The van der Waals surface area contributed by atoms with Gasteiger partial charge >= 0.3 is 105 Å². The van der Waals surface area contributed by atoms with E-state index in [0.717, 1.165) is 0 Å². The maximum absolute atomic E-state index is 11.8. The zero-order valence-electron chi connectivity index (χ0n) is 8.89. The van der Waals surface area contributed by atoms with Gasteiger partial charge in [-0.3, -0.25) is 0 Å². The van der Waals surface area contributed by atoms with Gasteiger partial charge in [-0.1, -0.05) is 0 Å². The number of hydrogen-bond donors (Lipinski definition) is 1. The Hall–Kier alpha value is -1.38. The van der Waals surface area contributed by atoms with Gasteiger partial charge in [0.1, 0.15) is 0 Å². The fourth-order valence-corrected chi connectivity index (χ4v) is 3.57. The summed E-state index contributed by atoms with van der Waals surface area (Å²) in [6, 6.07) is 16.9. The average Bonchev–Trinajstić information content (AvgIpc) is 2.30. The summed E-state index contributed by atoms with van der Waals surface area (Å²) in [5.74, 6) is 0.652. The molecule has 0 bridgehead atoms. The van der Waals surface area contributed by atoms with Crippen LogP contribution in [-0.2, 0) is 3.02 Å². The zero-order valence-corrected chi connectivity index (χ0v) is 11.4. The molecule has 4 nitrogen and oxygen atoms in total. The van der Waals surface area contributed by atoms with Gasteiger partial charge in [-0.25, -0.2) is 0 Å². The summed E-state index contributed by atoms with van der Waals surface area (Å²) < 4.78 is 31.3. The molecule has 0 atom stereocenters. The van der Waals surface area contributed by atoms with Crippen LogP contribution in [0.25, 0.3) is 0 Å². The monoisotopic (exact) mass is 340 g/mol. The van der Waals surface area contributed by atoms with Crippen LogP contribution in [0.3, 0.4) is 0 Å². The van der Waals surface area contributed by atoms with E-state index in [9.17, 15) is 6.40 Å². The summed E-state index contributed by atoms with van der Waals surface area (Å²) in [7, 11) is 0. The third kappa shape index (κ3) is 3.84. The molecule has 0 aromatic heterocycles. The minimum absolute atomic E-state index is 0.326. The fourth-order valence-electron chi connectivity index (χ4n) is 1.25. The Kier molecular flexibility index (Phi) is 3.77. The van der Waals surface area contributed by atoms with Crippen molar-refractivity contribution >= 4 is 20.1 Å². The van der Waals surface area contributed by atoms with Crippen molar-refractivity contribution in [2.45, 2.75) is 0 Å². The first kappa shape index (κ1) is 12.1. The van der Waals surface area contributed by atoms with E-state index in [1.54, 1.807) is 60.7 Å². The molecule has 2 rings (SSSR count). The Morgan fingerprint density at radius 2 is 1.12 bits per heavy atom. The Balaban J connectivity index is 2.07. The normalized spacial score (nSPS) is 10.9. The van der Waals surface area contributed by atoms with Crippen LogP contribution in [0.5, 0.6) is 11.5 Å². The molecule has 0 fully saturated rings. The number of benzene rings is 2. The summed E-state index contributed by atoms with van der Waals surface area (Å²) in [5.41, 5.74) is 0. The number of hydrogen-bond acceptors (Lipinski definition) is 3. The second-order valence-corrected chi connectivity index (χ2v) is 6.99. The Labute approximate surface area is 105 Å². The van der Waals surface area contributed by atoms with E-state index in [2.05, 4.69) is 0 Å². The Morgan fingerprint density at radius 3 is 1.47 bits per heavy atom. The molecule has 0 spiro atoms. The molecule has 88 valence electrons. The Bertz CT molecular complexity index is 467. The zero-order chi connectivity index (χ0) is 12.1. The van der Waals surface area contributed by atoms with Crippen LogP contribution >= 0.6 is 0 Å². The summed E-state index contributed by atoms with van der Waals surface area (Å²) in [6.45, 7) is 0. The van der Waals surface area contributed by atoms with E-state index in [4.69, 9.17) is 6.03 Å². The van der Waals surface area contributed by atoms with Gasteiger partial charge in [0.15, 0.2) is 0 Å². The summed E-state index contributed by atoms with van der Waals surface area (Å²) in [4.78, 5) is 0. The topological polar surface area (TPSA) is 55.8 Å². The van der Waals surface area contributed by atoms with E-state index in [-0.39, 0.29) is 0 Å². The minimum atomic E-state index is -5.09. The SMILES string of the molecule is [O]=[Sb]([OH])([O]c1ccccc1)[O]c1ccccc1.